The Morgan fingerprint density at radius 1 is 1.17 bits per heavy atom. The molecule has 0 bridgehead atoms. The first-order valence-corrected chi connectivity index (χ1v) is 6.74. The van der Waals surface area contributed by atoms with Gasteiger partial charge < -0.3 is 10.1 Å². The third-order valence-electron chi connectivity index (χ3n) is 4.15. The minimum Gasteiger partial charge on any atom is -0.496 e. The molecular weight excluding hydrogens is 224 g/mol. The maximum Gasteiger partial charge on any atom is 0.122 e. The van der Waals surface area contributed by atoms with Gasteiger partial charge in [-0.2, -0.15) is 0 Å². The molecule has 0 spiro atoms. The lowest BCUT2D eigenvalue weighted by Crippen LogP contribution is -2.44. The number of hydrogen-bond donors (Lipinski definition) is 1. The molecule has 1 aliphatic rings. The van der Waals surface area contributed by atoms with Crippen molar-refractivity contribution >= 4 is 0 Å². The molecular formula is C15H24N2O. The summed E-state index contributed by atoms with van der Waals surface area (Å²) in [6.45, 7) is 11.1. The lowest BCUT2D eigenvalue weighted by atomic mass is 9.96. The number of methoxy groups -OCH3 is 1. The topological polar surface area (TPSA) is 24.5 Å². The van der Waals surface area contributed by atoms with Crippen LogP contribution in [-0.2, 0) is 0 Å². The van der Waals surface area contributed by atoms with E-state index in [1.54, 1.807) is 7.11 Å². The van der Waals surface area contributed by atoms with Gasteiger partial charge in [-0.25, -0.2) is 0 Å². The molecule has 1 aromatic rings. The fourth-order valence-electron chi connectivity index (χ4n) is 2.76. The van der Waals surface area contributed by atoms with Crippen molar-refractivity contribution in [1.82, 2.24) is 10.2 Å². The molecule has 1 heterocycles. The summed E-state index contributed by atoms with van der Waals surface area (Å²) in [6, 6.07) is 4.79. The van der Waals surface area contributed by atoms with E-state index in [2.05, 4.69) is 43.1 Å². The summed E-state index contributed by atoms with van der Waals surface area (Å²) >= 11 is 0. The van der Waals surface area contributed by atoms with Crippen LogP contribution in [0.3, 0.4) is 0 Å². The molecule has 0 aromatic heterocycles. The summed E-state index contributed by atoms with van der Waals surface area (Å²) in [5.74, 6) is 0.990. The van der Waals surface area contributed by atoms with Crippen molar-refractivity contribution in [3.63, 3.8) is 0 Å². The SMILES string of the molecule is COc1ccc([C@@H](C)N2CCNCC2)c(C)c1C. The molecule has 0 amide bonds. The molecule has 1 atom stereocenters. The molecule has 0 radical (unpaired) electrons. The Labute approximate surface area is 110 Å². The van der Waals surface area contributed by atoms with E-state index in [-0.39, 0.29) is 0 Å². The van der Waals surface area contributed by atoms with Gasteiger partial charge in [0.15, 0.2) is 0 Å². The van der Waals surface area contributed by atoms with E-state index < -0.39 is 0 Å². The highest BCUT2D eigenvalue weighted by molar-refractivity contribution is 5.44. The van der Waals surface area contributed by atoms with Crippen LogP contribution in [0.1, 0.15) is 29.7 Å². The highest BCUT2D eigenvalue weighted by Crippen LogP contribution is 2.30. The number of rotatable bonds is 3. The third-order valence-corrected chi connectivity index (χ3v) is 4.15. The number of nitrogens with one attached hydrogen (secondary N) is 1. The van der Waals surface area contributed by atoms with Crippen LogP contribution in [0.2, 0.25) is 0 Å². The van der Waals surface area contributed by atoms with E-state index >= 15 is 0 Å². The van der Waals surface area contributed by atoms with Gasteiger partial charge in [0, 0.05) is 32.2 Å². The first kappa shape index (κ1) is 13.4. The van der Waals surface area contributed by atoms with Crippen molar-refractivity contribution in [1.29, 1.82) is 0 Å². The van der Waals surface area contributed by atoms with Gasteiger partial charge in [-0.05, 0) is 43.5 Å². The van der Waals surface area contributed by atoms with E-state index in [9.17, 15) is 0 Å². The molecule has 0 unspecified atom stereocenters. The molecule has 1 aliphatic heterocycles. The largest absolute Gasteiger partial charge is 0.496 e. The smallest absolute Gasteiger partial charge is 0.122 e. The molecule has 0 aliphatic carbocycles. The minimum atomic E-state index is 0.483. The van der Waals surface area contributed by atoms with Crippen molar-refractivity contribution in [2.45, 2.75) is 26.8 Å². The summed E-state index contributed by atoms with van der Waals surface area (Å²) in [5, 5.41) is 3.40. The molecule has 1 saturated heterocycles. The highest BCUT2D eigenvalue weighted by atomic mass is 16.5. The summed E-state index contributed by atoms with van der Waals surface area (Å²) in [4.78, 5) is 2.55. The Hall–Kier alpha value is -1.06. The Bertz CT molecular complexity index is 411. The van der Waals surface area contributed by atoms with E-state index in [0.717, 1.165) is 31.9 Å². The molecule has 100 valence electrons. The van der Waals surface area contributed by atoms with Crippen LogP contribution in [0.4, 0.5) is 0 Å². The number of benzene rings is 1. The molecule has 1 N–H and O–H groups in total. The average molecular weight is 248 g/mol. The maximum absolute atomic E-state index is 5.38. The fourth-order valence-corrected chi connectivity index (χ4v) is 2.76. The summed E-state index contributed by atoms with van der Waals surface area (Å²) in [7, 11) is 1.74. The van der Waals surface area contributed by atoms with Gasteiger partial charge in [0.1, 0.15) is 5.75 Å². The van der Waals surface area contributed by atoms with Gasteiger partial charge in [0.2, 0.25) is 0 Å². The Morgan fingerprint density at radius 2 is 1.83 bits per heavy atom. The summed E-state index contributed by atoms with van der Waals surface area (Å²) in [5.41, 5.74) is 4.05. The second-order valence-electron chi connectivity index (χ2n) is 5.07. The normalized spacial score (nSPS) is 18.7. The van der Waals surface area contributed by atoms with Crippen LogP contribution in [0.5, 0.6) is 5.75 Å². The van der Waals surface area contributed by atoms with Crippen LogP contribution in [0.25, 0.3) is 0 Å². The van der Waals surface area contributed by atoms with Gasteiger partial charge in [-0.15, -0.1) is 0 Å². The van der Waals surface area contributed by atoms with Crippen molar-refractivity contribution in [3.05, 3.63) is 28.8 Å². The number of ether oxygens (including phenoxy) is 1. The first-order chi connectivity index (χ1) is 8.65. The van der Waals surface area contributed by atoms with Crippen molar-refractivity contribution in [3.8, 4) is 5.75 Å². The zero-order valence-electron chi connectivity index (χ0n) is 11.9. The summed E-state index contributed by atoms with van der Waals surface area (Å²) < 4.78 is 5.38. The van der Waals surface area contributed by atoms with Gasteiger partial charge in [-0.3, -0.25) is 4.90 Å². The second-order valence-corrected chi connectivity index (χ2v) is 5.07. The lowest BCUT2D eigenvalue weighted by molar-refractivity contribution is 0.185. The summed E-state index contributed by atoms with van der Waals surface area (Å²) in [6.07, 6.45) is 0. The number of hydrogen-bond acceptors (Lipinski definition) is 3. The van der Waals surface area contributed by atoms with Gasteiger partial charge in [0.25, 0.3) is 0 Å². The average Bonchev–Trinajstić information content (AvgIpc) is 2.42. The molecule has 1 aromatic carbocycles. The third kappa shape index (κ3) is 2.52. The molecule has 0 saturated carbocycles. The van der Waals surface area contributed by atoms with E-state index in [0.29, 0.717) is 6.04 Å². The number of nitrogens with zero attached hydrogens (tertiary/aromatic N) is 1. The zero-order chi connectivity index (χ0) is 13.1. The van der Waals surface area contributed by atoms with Crippen molar-refractivity contribution < 1.29 is 4.74 Å². The predicted octanol–water partition coefficient (Wildman–Crippen LogP) is 2.28. The maximum atomic E-state index is 5.38. The highest BCUT2D eigenvalue weighted by Gasteiger charge is 2.20. The Kier molecular flexibility index (Phi) is 4.25. The standard InChI is InChI=1S/C15H24N2O/c1-11-12(2)15(18-4)6-5-14(11)13(3)17-9-7-16-8-10-17/h5-6,13,16H,7-10H2,1-4H3/t13-/m1/s1. The number of piperazine rings is 1. The van der Waals surface area contributed by atoms with E-state index in [1.165, 1.54) is 16.7 Å². The van der Waals surface area contributed by atoms with Crippen LogP contribution in [-0.4, -0.2) is 38.2 Å². The van der Waals surface area contributed by atoms with Crippen molar-refractivity contribution in [2.24, 2.45) is 0 Å². The van der Waals surface area contributed by atoms with Gasteiger partial charge in [0.05, 0.1) is 7.11 Å². The molecule has 18 heavy (non-hydrogen) atoms. The predicted molar refractivity (Wildman–Crippen MR) is 75.3 cm³/mol. The van der Waals surface area contributed by atoms with Crippen LogP contribution in [0.15, 0.2) is 12.1 Å². The Morgan fingerprint density at radius 3 is 2.44 bits per heavy atom. The van der Waals surface area contributed by atoms with E-state index in [1.807, 2.05) is 0 Å². The van der Waals surface area contributed by atoms with Gasteiger partial charge >= 0.3 is 0 Å². The van der Waals surface area contributed by atoms with Crippen LogP contribution >= 0.6 is 0 Å². The van der Waals surface area contributed by atoms with Gasteiger partial charge in [-0.1, -0.05) is 6.07 Å². The molecule has 1 fully saturated rings. The minimum absolute atomic E-state index is 0.483. The quantitative estimate of drug-likeness (QED) is 0.888. The molecule has 3 heteroatoms. The fraction of sp³-hybridized carbons (Fsp3) is 0.600. The lowest BCUT2D eigenvalue weighted by Gasteiger charge is -2.34. The zero-order valence-corrected chi connectivity index (χ0v) is 11.9. The molecule has 2 rings (SSSR count). The van der Waals surface area contributed by atoms with Crippen molar-refractivity contribution in [2.75, 3.05) is 33.3 Å². The monoisotopic (exact) mass is 248 g/mol. The van der Waals surface area contributed by atoms with Crippen LogP contribution in [0, 0.1) is 13.8 Å². The molecule has 3 nitrogen and oxygen atoms in total. The van der Waals surface area contributed by atoms with E-state index in [4.69, 9.17) is 4.74 Å². The first-order valence-electron chi connectivity index (χ1n) is 6.74. The van der Waals surface area contributed by atoms with Crippen LogP contribution < -0.4 is 10.1 Å². The second kappa shape index (κ2) is 5.72. The Balaban J connectivity index is 2.24.